The van der Waals surface area contributed by atoms with Crippen LogP contribution in [-0.4, -0.2) is 27.2 Å². The summed E-state index contributed by atoms with van der Waals surface area (Å²) in [5.41, 5.74) is 0.829. The molecule has 5 heteroatoms. The van der Waals surface area contributed by atoms with Crippen LogP contribution in [0.25, 0.3) is 0 Å². The maximum absolute atomic E-state index is 10.1. The molecule has 1 heterocycles. The molecule has 0 spiro atoms. The van der Waals surface area contributed by atoms with Crippen molar-refractivity contribution in [2.45, 2.75) is 25.8 Å². The van der Waals surface area contributed by atoms with Crippen molar-refractivity contribution in [2.24, 2.45) is 0 Å². The number of rotatable bonds is 7. The van der Waals surface area contributed by atoms with Gasteiger partial charge in [0, 0.05) is 18.1 Å². The van der Waals surface area contributed by atoms with Gasteiger partial charge in [0.15, 0.2) is 0 Å². The van der Waals surface area contributed by atoms with Crippen LogP contribution in [0.2, 0.25) is 0 Å². The lowest BCUT2D eigenvalue weighted by molar-refractivity contribution is -0.134. The first-order valence-corrected chi connectivity index (χ1v) is 7.28. The number of benzene rings is 1. The number of nitrogens with one attached hydrogen (secondary N) is 1. The van der Waals surface area contributed by atoms with E-state index in [9.17, 15) is 4.79 Å². The third-order valence-electron chi connectivity index (χ3n) is 2.98. The molecule has 2 aromatic rings. The minimum Gasteiger partial charge on any atom is -0.480 e. The standard InChI is InChI=1S/C9H14N2.C8H9NO2/c1-3-5-9(4-2)11-7-6-10-8-11;10-8(11)6-9-7-4-2-1-3-5-7/h4,6-9H,2-3,5H2,1H3;1-5,9H,6H2,(H,10,11). The van der Waals surface area contributed by atoms with E-state index in [4.69, 9.17) is 5.11 Å². The first-order valence-electron chi connectivity index (χ1n) is 7.28. The van der Waals surface area contributed by atoms with Crippen LogP contribution in [0.15, 0.2) is 61.7 Å². The van der Waals surface area contributed by atoms with Crippen molar-refractivity contribution < 1.29 is 9.90 Å². The average Bonchev–Trinajstić information content (AvgIpc) is 3.06. The third-order valence-corrected chi connectivity index (χ3v) is 2.98. The lowest BCUT2D eigenvalue weighted by atomic mass is 10.2. The minimum absolute atomic E-state index is 0.0377. The highest BCUT2D eigenvalue weighted by molar-refractivity contribution is 5.72. The molecule has 0 aliphatic rings. The number of carbonyl (C=O) groups is 1. The molecule has 0 amide bonds. The van der Waals surface area contributed by atoms with E-state index in [0.717, 1.165) is 12.1 Å². The van der Waals surface area contributed by atoms with Crippen LogP contribution in [0.4, 0.5) is 5.69 Å². The van der Waals surface area contributed by atoms with Gasteiger partial charge in [0.25, 0.3) is 0 Å². The van der Waals surface area contributed by atoms with Gasteiger partial charge in [-0.2, -0.15) is 0 Å². The topological polar surface area (TPSA) is 67.2 Å². The molecule has 0 radical (unpaired) electrons. The van der Waals surface area contributed by atoms with E-state index >= 15 is 0 Å². The molecular formula is C17H23N3O2. The van der Waals surface area contributed by atoms with Crippen molar-refractivity contribution in [2.75, 3.05) is 11.9 Å². The predicted molar refractivity (Wildman–Crippen MR) is 88.9 cm³/mol. The average molecular weight is 301 g/mol. The molecule has 22 heavy (non-hydrogen) atoms. The highest BCUT2D eigenvalue weighted by Gasteiger charge is 2.02. The number of imidazole rings is 1. The molecule has 2 N–H and O–H groups in total. The number of carboxylic acids is 1. The number of anilines is 1. The second-order valence-electron chi connectivity index (χ2n) is 4.71. The van der Waals surface area contributed by atoms with E-state index in [1.807, 2.05) is 48.9 Å². The first-order chi connectivity index (χ1) is 10.7. The van der Waals surface area contributed by atoms with E-state index < -0.39 is 5.97 Å². The van der Waals surface area contributed by atoms with Crippen LogP contribution in [0, 0.1) is 0 Å². The number of allylic oxidation sites excluding steroid dienone is 1. The van der Waals surface area contributed by atoms with E-state index in [1.165, 1.54) is 6.42 Å². The molecule has 1 aromatic heterocycles. The third kappa shape index (κ3) is 6.74. The van der Waals surface area contributed by atoms with Gasteiger partial charge in [-0.15, -0.1) is 6.58 Å². The fourth-order valence-electron chi connectivity index (χ4n) is 1.88. The van der Waals surface area contributed by atoms with E-state index in [0.29, 0.717) is 6.04 Å². The number of aromatic nitrogens is 2. The second kappa shape index (κ2) is 10.2. The molecule has 1 unspecified atom stereocenters. The molecule has 1 atom stereocenters. The number of aliphatic carboxylic acids is 1. The molecule has 0 saturated heterocycles. The summed E-state index contributed by atoms with van der Waals surface area (Å²) >= 11 is 0. The van der Waals surface area contributed by atoms with Gasteiger partial charge < -0.3 is 15.0 Å². The van der Waals surface area contributed by atoms with Gasteiger partial charge in [0.05, 0.1) is 12.4 Å². The summed E-state index contributed by atoms with van der Waals surface area (Å²) < 4.78 is 2.08. The minimum atomic E-state index is -0.853. The lowest BCUT2D eigenvalue weighted by Gasteiger charge is -2.11. The Labute approximate surface area is 131 Å². The van der Waals surface area contributed by atoms with Gasteiger partial charge in [-0.05, 0) is 18.6 Å². The van der Waals surface area contributed by atoms with Gasteiger partial charge in [-0.25, -0.2) is 4.98 Å². The molecule has 118 valence electrons. The maximum Gasteiger partial charge on any atom is 0.322 e. The fraction of sp³-hybridized carbons (Fsp3) is 0.294. The molecule has 0 aliphatic carbocycles. The Kier molecular flexibility index (Phi) is 8.12. The first kappa shape index (κ1) is 17.5. The van der Waals surface area contributed by atoms with E-state index in [-0.39, 0.29) is 6.54 Å². The molecule has 0 bridgehead atoms. The Balaban J connectivity index is 0.000000220. The molecule has 1 aromatic carbocycles. The Bertz CT molecular complexity index is 538. The Morgan fingerprint density at radius 1 is 1.45 bits per heavy atom. The largest absolute Gasteiger partial charge is 0.480 e. The van der Waals surface area contributed by atoms with Crippen LogP contribution in [0.5, 0.6) is 0 Å². The van der Waals surface area contributed by atoms with Crippen LogP contribution < -0.4 is 5.32 Å². The van der Waals surface area contributed by atoms with Crippen LogP contribution >= 0.6 is 0 Å². The molecule has 2 rings (SSSR count). The normalized spacial score (nSPS) is 11.0. The van der Waals surface area contributed by atoms with Gasteiger partial charge in [0.1, 0.15) is 6.54 Å². The Hall–Kier alpha value is -2.56. The monoisotopic (exact) mass is 301 g/mol. The summed E-state index contributed by atoms with van der Waals surface area (Å²) in [6.45, 7) is 5.92. The number of hydrogen-bond acceptors (Lipinski definition) is 3. The zero-order valence-electron chi connectivity index (χ0n) is 12.9. The van der Waals surface area contributed by atoms with Gasteiger partial charge >= 0.3 is 5.97 Å². The number of hydrogen-bond donors (Lipinski definition) is 2. The summed E-state index contributed by atoms with van der Waals surface area (Å²) in [5.74, 6) is -0.853. The number of carboxylic acid groups (broad SMARTS) is 1. The highest BCUT2D eigenvalue weighted by Crippen LogP contribution is 2.13. The second-order valence-corrected chi connectivity index (χ2v) is 4.71. The Morgan fingerprint density at radius 2 is 2.18 bits per heavy atom. The van der Waals surface area contributed by atoms with Gasteiger partial charge in [-0.1, -0.05) is 37.6 Å². The van der Waals surface area contributed by atoms with Crippen molar-refractivity contribution in [3.63, 3.8) is 0 Å². The number of para-hydroxylation sites is 1. The summed E-state index contributed by atoms with van der Waals surface area (Å²) in [6, 6.07) is 9.65. The highest BCUT2D eigenvalue weighted by atomic mass is 16.4. The molecule has 0 fully saturated rings. The van der Waals surface area contributed by atoms with E-state index in [1.54, 1.807) is 6.20 Å². The van der Waals surface area contributed by atoms with Crippen molar-refractivity contribution in [3.8, 4) is 0 Å². The summed E-state index contributed by atoms with van der Waals surface area (Å²) in [4.78, 5) is 14.1. The summed E-state index contributed by atoms with van der Waals surface area (Å²) in [7, 11) is 0. The molecule has 0 aliphatic heterocycles. The molecular weight excluding hydrogens is 278 g/mol. The zero-order valence-corrected chi connectivity index (χ0v) is 12.9. The van der Waals surface area contributed by atoms with Crippen molar-refractivity contribution >= 4 is 11.7 Å². The van der Waals surface area contributed by atoms with Crippen molar-refractivity contribution in [3.05, 3.63) is 61.7 Å². The van der Waals surface area contributed by atoms with E-state index in [2.05, 4.69) is 28.4 Å². The summed E-state index contributed by atoms with van der Waals surface area (Å²) in [5, 5.41) is 11.1. The quantitative estimate of drug-likeness (QED) is 0.767. The summed E-state index contributed by atoms with van der Waals surface area (Å²) in [6.07, 6.45) is 9.89. The maximum atomic E-state index is 10.1. The zero-order chi connectivity index (χ0) is 16.2. The van der Waals surface area contributed by atoms with Crippen molar-refractivity contribution in [1.29, 1.82) is 0 Å². The van der Waals surface area contributed by atoms with Crippen LogP contribution in [0.1, 0.15) is 25.8 Å². The SMILES string of the molecule is C=CC(CCC)n1ccnc1.O=C(O)CNc1ccccc1. The smallest absolute Gasteiger partial charge is 0.322 e. The molecule has 5 nitrogen and oxygen atoms in total. The predicted octanol–water partition coefficient (Wildman–Crippen LogP) is 3.59. The molecule has 0 saturated carbocycles. The lowest BCUT2D eigenvalue weighted by Crippen LogP contribution is -2.11. The van der Waals surface area contributed by atoms with Gasteiger partial charge in [-0.3, -0.25) is 4.79 Å². The van der Waals surface area contributed by atoms with Crippen LogP contribution in [0.3, 0.4) is 0 Å². The van der Waals surface area contributed by atoms with Gasteiger partial charge in [0.2, 0.25) is 0 Å². The Morgan fingerprint density at radius 3 is 2.68 bits per heavy atom. The number of nitrogens with zero attached hydrogens (tertiary/aromatic N) is 2. The van der Waals surface area contributed by atoms with Crippen molar-refractivity contribution in [1.82, 2.24) is 9.55 Å². The van der Waals surface area contributed by atoms with Crippen LogP contribution in [-0.2, 0) is 4.79 Å². The fourth-order valence-corrected chi connectivity index (χ4v) is 1.88.